The Morgan fingerprint density at radius 1 is 0.930 bits per heavy atom. The number of amides is 3. The Morgan fingerprint density at radius 2 is 1.58 bits per heavy atom. The molecule has 0 spiro atoms. The van der Waals surface area contributed by atoms with E-state index >= 15 is 0 Å². The molecular formula is C33H38N4O6. The van der Waals surface area contributed by atoms with Crippen LogP contribution in [0, 0.1) is 0 Å². The lowest BCUT2D eigenvalue weighted by Gasteiger charge is -2.24. The molecule has 10 heteroatoms. The zero-order valence-corrected chi connectivity index (χ0v) is 24.7. The van der Waals surface area contributed by atoms with Crippen LogP contribution in [0.25, 0.3) is 0 Å². The molecule has 0 radical (unpaired) electrons. The van der Waals surface area contributed by atoms with Crippen LogP contribution in [0.4, 0.5) is 10.5 Å². The van der Waals surface area contributed by atoms with E-state index in [9.17, 15) is 24.3 Å². The number of hydrogen-bond donors (Lipinski definition) is 4. The number of carboxylic acids is 1. The van der Waals surface area contributed by atoms with E-state index in [-0.39, 0.29) is 24.8 Å². The molecule has 3 aromatic carbocycles. The molecular weight excluding hydrogens is 548 g/mol. The normalized spacial score (nSPS) is 14.6. The number of fused-ring (bicyclic) bond motifs is 1. The smallest absolute Gasteiger partial charge is 0.407 e. The summed E-state index contributed by atoms with van der Waals surface area (Å²) in [4.78, 5) is 51.4. The molecule has 0 bridgehead atoms. The number of carbonyl (C=O) groups is 4. The number of benzene rings is 3. The Bertz CT molecular complexity index is 1450. The summed E-state index contributed by atoms with van der Waals surface area (Å²) >= 11 is 0. The van der Waals surface area contributed by atoms with Gasteiger partial charge in [-0.15, -0.1) is 0 Å². The molecule has 0 aliphatic carbocycles. The first-order chi connectivity index (χ1) is 20.5. The predicted octanol–water partition coefficient (Wildman–Crippen LogP) is 4.48. The van der Waals surface area contributed by atoms with Crippen molar-refractivity contribution in [3.8, 4) is 0 Å². The molecule has 0 aromatic heterocycles. The van der Waals surface area contributed by atoms with E-state index in [1.165, 1.54) is 0 Å². The Labute approximate surface area is 251 Å². The van der Waals surface area contributed by atoms with Crippen LogP contribution in [-0.2, 0) is 40.4 Å². The minimum Gasteiger partial charge on any atom is -0.481 e. The summed E-state index contributed by atoms with van der Waals surface area (Å²) in [6.07, 6.45) is -0.221. The second-order valence-electron chi connectivity index (χ2n) is 11.5. The molecule has 1 aliphatic rings. The number of alkyl carbamates (subject to hydrolysis) is 1. The van der Waals surface area contributed by atoms with Crippen LogP contribution in [0.3, 0.4) is 0 Å². The standard InChI is InChI=1S/C33H38N4O6/c1-33(2,3)43-32(42)35-20-24-11-9-23(10-12-24)19-34-30(40)25-13-14-26-21-37(16-15-22-7-5-4-6-8-22)31(41)28(18-29(38)39)36-27(26)17-25/h4-14,17,28,36H,15-16,18-21H2,1-3H3,(H,34,40)(H,35,42)(H,38,39). The first kappa shape index (κ1) is 31.1. The second-order valence-corrected chi connectivity index (χ2v) is 11.5. The van der Waals surface area contributed by atoms with E-state index in [4.69, 9.17) is 4.74 Å². The van der Waals surface area contributed by atoms with Gasteiger partial charge in [0.1, 0.15) is 11.6 Å². The summed E-state index contributed by atoms with van der Waals surface area (Å²) in [5.41, 5.74) is 4.05. The lowest BCUT2D eigenvalue weighted by molar-refractivity contribution is -0.141. The lowest BCUT2D eigenvalue weighted by atomic mass is 10.1. The molecule has 4 rings (SSSR count). The monoisotopic (exact) mass is 586 g/mol. The highest BCUT2D eigenvalue weighted by Gasteiger charge is 2.31. The van der Waals surface area contributed by atoms with Gasteiger partial charge in [0, 0.05) is 37.4 Å². The first-order valence-electron chi connectivity index (χ1n) is 14.2. The highest BCUT2D eigenvalue weighted by molar-refractivity contribution is 5.96. The van der Waals surface area contributed by atoms with Gasteiger partial charge in [-0.2, -0.15) is 0 Å². The summed E-state index contributed by atoms with van der Waals surface area (Å²) in [6.45, 7) is 6.76. The van der Waals surface area contributed by atoms with Gasteiger partial charge in [0.05, 0.1) is 6.42 Å². The Balaban J connectivity index is 1.38. The fourth-order valence-electron chi connectivity index (χ4n) is 4.70. The number of hydrogen-bond acceptors (Lipinski definition) is 6. The summed E-state index contributed by atoms with van der Waals surface area (Å²) in [6, 6.07) is 21.5. The molecule has 0 saturated heterocycles. The molecule has 10 nitrogen and oxygen atoms in total. The van der Waals surface area contributed by atoms with Gasteiger partial charge in [-0.05, 0) is 61.6 Å². The van der Waals surface area contributed by atoms with E-state index in [2.05, 4.69) is 16.0 Å². The van der Waals surface area contributed by atoms with Crippen molar-refractivity contribution >= 4 is 29.6 Å². The van der Waals surface area contributed by atoms with E-state index in [0.717, 1.165) is 22.3 Å². The SMILES string of the molecule is CC(C)(C)OC(=O)NCc1ccc(CNC(=O)c2ccc3c(c2)NC(CC(=O)O)C(=O)N(CCc2ccccc2)C3)cc1. The number of anilines is 1. The summed E-state index contributed by atoms with van der Waals surface area (Å²) in [5.74, 6) is -1.67. The maximum atomic E-state index is 13.3. The summed E-state index contributed by atoms with van der Waals surface area (Å²) in [7, 11) is 0. The minimum atomic E-state index is -1.09. The summed E-state index contributed by atoms with van der Waals surface area (Å²) < 4.78 is 5.25. The summed E-state index contributed by atoms with van der Waals surface area (Å²) in [5, 5.41) is 18.2. The van der Waals surface area contributed by atoms with Crippen molar-refractivity contribution in [3.05, 3.63) is 101 Å². The maximum Gasteiger partial charge on any atom is 0.407 e. The number of carbonyl (C=O) groups excluding carboxylic acids is 3. The topological polar surface area (TPSA) is 137 Å². The van der Waals surface area contributed by atoms with Crippen molar-refractivity contribution in [2.75, 3.05) is 11.9 Å². The molecule has 4 N–H and O–H groups in total. The molecule has 3 aromatic rings. The molecule has 0 fully saturated rings. The third-order valence-electron chi connectivity index (χ3n) is 6.88. The highest BCUT2D eigenvalue weighted by atomic mass is 16.6. The number of ether oxygens (including phenoxy) is 1. The second kappa shape index (κ2) is 13.9. The first-order valence-corrected chi connectivity index (χ1v) is 14.2. The van der Waals surface area contributed by atoms with Gasteiger partial charge in [0.15, 0.2) is 0 Å². The molecule has 3 amide bonds. The van der Waals surface area contributed by atoms with E-state index in [0.29, 0.717) is 37.3 Å². The molecule has 1 atom stereocenters. The largest absolute Gasteiger partial charge is 0.481 e. The average Bonchev–Trinajstić information content (AvgIpc) is 3.09. The molecule has 226 valence electrons. The van der Waals surface area contributed by atoms with Crippen LogP contribution < -0.4 is 16.0 Å². The highest BCUT2D eigenvalue weighted by Crippen LogP contribution is 2.26. The molecule has 0 saturated carbocycles. The van der Waals surface area contributed by atoms with Crippen LogP contribution in [-0.4, -0.2) is 52.1 Å². The molecule has 1 unspecified atom stereocenters. The van der Waals surface area contributed by atoms with Crippen LogP contribution in [0.5, 0.6) is 0 Å². The van der Waals surface area contributed by atoms with E-state index in [1.807, 2.05) is 54.6 Å². The van der Waals surface area contributed by atoms with Crippen LogP contribution in [0.2, 0.25) is 0 Å². The maximum absolute atomic E-state index is 13.3. The van der Waals surface area contributed by atoms with Gasteiger partial charge in [0.25, 0.3) is 5.91 Å². The third kappa shape index (κ3) is 9.32. The number of carboxylic acid groups (broad SMARTS) is 1. The van der Waals surface area contributed by atoms with Crippen molar-refractivity contribution < 1.29 is 29.0 Å². The lowest BCUT2D eigenvalue weighted by Crippen LogP contribution is -2.42. The van der Waals surface area contributed by atoms with Gasteiger partial charge >= 0.3 is 12.1 Å². The number of aliphatic carboxylic acids is 1. The zero-order valence-electron chi connectivity index (χ0n) is 24.7. The average molecular weight is 587 g/mol. The molecule has 43 heavy (non-hydrogen) atoms. The Morgan fingerprint density at radius 3 is 2.21 bits per heavy atom. The number of rotatable bonds is 10. The van der Waals surface area contributed by atoms with Gasteiger partial charge in [-0.1, -0.05) is 60.7 Å². The van der Waals surface area contributed by atoms with Gasteiger partial charge in [-0.3, -0.25) is 14.4 Å². The van der Waals surface area contributed by atoms with Gasteiger partial charge < -0.3 is 30.7 Å². The van der Waals surface area contributed by atoms with Crippen molar-refractivity contribution in [2.45, 2.75) is 64.9 Å². The fraction of sp³-hybridized carbons (Fsp3) is 0.333. The Hall–Kier alpha value is -4.86. The van der Waals surface area contributed by atoms with Crippen molar-refractivity contribution in [3.63, 3.8) is 0 Å². The van der Waals surface area contributed by atoms with Crippen molar-refractivity contribution in [1.29, 1.82) is 0 Å². The van der Waals surface area contributed by atoms with Crippen molar-refractivity contribution in [1.82, 2.24) is 15.5 Å². The quantitative estimate of drug-likeness (QED) is 0.275. The fourth-order valence-corrected chi connectivity index (χ4v) is 4.70. The number of nitrogens with zero attached hydrogens (tertiary/aromatic N) is 1. The Kier molecular flexibility index (Phi) is 10.0. The zero-order chi connectivity index (χ0) is 31.0. The minimum absolute atomic E-state index is 0.287. The van der Waals surface area contributed by atoms with Crippen molar-refractivity contribution in [2.24, 2.45) is 0 Å². The number of nitrogens with one attached hydrogen (secondary N) is 3. The van der Waals surface area contributed by atoms with Gasteiger partial charge in [0.2, 0.25) is 5.91 Å². The molecule has 1 heterocycles. The van der Waals surface area contributed by atoms with Crippen LogP contribution >= 0.6 is 0 Å². The van der Waals surface area contributed by atoms with E-state index in [1.54, 1.807) is 43.9 Å². The molecule has 1 aliphatic heterocycles. The van der Waals surface area contributed by atoms with Gasteiger partial charge in [-0.25, -0.2) is 4.79 Å². The van der Waals surface area contributed by atoms with E-state index < -0.39 is 23.7 Å². The predicted molar refractivity (Wildman–Crippen MR) is 162 cm³/mol. The van der Waals surface area contributed by atoms with Crippen LogP contribution in [0.1, 0.15) is 59.8 Å². The third-order valence-corrected chi connectivity index (χ3v) is 6.88. The van der Waals surface area contributed by atoms with Crippen LogP contribution in [0.15, 0.2) is 72.8 Å².